The summed E-state index contributed by atoms with van der Waals surface area (Å²) in [6.45, 7) is 1.60. The molecule has 1 atom stereocenters. The molecule has 0 amide bonds. The molecule has 2 rings (SSSR count). The normalized spacial score (nSPS) is 20.8. The minimum Gasteiger partial charge on any atom is -0.481 e. The molecule has 2 heterocycles. The van der Waals surface area contributed by atoms with Crippen molar-refractivity contribution in [3.05, 3.63) is 29.0 Å². The fourth-order valence-electron chi connectivity index (χ4n) is 2.04. The minimum absolute atomic E-state index is 0.0884. The van der Waals surface area contributed by atoms with Gasteiger partial charge in [0.05, 0.1) is 11.4 Å². The van der Waals surface area contributed by atoms with Gasteiger partial charge in [0.25, 0.3) is 0 Å². The Morgan fingerprint density at radius 3 is 3.22 bits per heavy atom. The van der Waals surface area contributed by atoms with Gasteiger partial charge in [-0.15, -0.1) is 0 Å². The second-order valence-electron chi connectivity index (χ2n) is 4.26. The third-order valence-electron chi connectivity index (χ3n) is 2.99. The molecule has 1 aromatic heterocycles. The van der Waals surface area contributed by atoms with E-state index in [0.29, 0.717) is 11.6 Å². The monoisotopic (exact) mass is 286 g/mol. The summed E-state index contributed by atoms with van der Waals surface area (Å²) in [5.41, 5.74) is 1.01. The quantitative estimate of drug-likeness (QED) is 0.919. The number of carbonyl (C=O) groups is 1. The van der Waals surface area contributed by atoms with Crippen LogP contribution in [0.1, 0.15) is 12.0 Å². The number of carboxylic acids is 1. The molecule has 1 aliphatic rings. The maximum absolute atomic E-state index is 10.9. The third kappa shape index (κ3) is 3.60. The smallest absolute Gasteiger partial charge is 0.304 e. The minimum atomic E-state index is -0.742. The highest BCUT2D eigenvalue weighted by Gasteiger charge is 2.25. The maximum Gasteiger partial charge on any atom is 0.304 e. The summed E-state index contributed by atoms with van der Waals surface area (Å²) in [5, 5.41) is 9.58. The summed E-state index contributed by atoms with van der Waals surface area (Å²) in [6, 6.07) is 1.98. The molecular weight excluding hydrogens is 272 g/mol. The van der Waals surface area contributed by atoms with Crippen LogP contribution in [0.3, 0.4) is 0 Å². The zero-order valence-corrected chi connectivity index (χ0v) is 11.5. The molecule has 6 heteroatoms. The molecular formula is C12H15ClN2O2S. The first-order valence-corrected chi connectivity index (χ1v) is 7.32. The van der Waals surface area contributed by atoms with Gasteiger partial charge >= 0.3 is 5.97 Å². The standard InChI is InChI=1S/C12H15ClN2O2S/c13-11-6-14-2-1-9(11)7-15-3-4-18-8-10(15)5-12(16)17/h1-2,6,10H,3-5,7-8H2,(H,16,17). The van der Waals surface area contributed by atoms with Gasteiger partial charge < -0.3 is 5.11 Å². The fraction of sp³-hybridized carbons (Fsp3) is 0.500. The van der Waals surface area contributed by atoms with Crippen molar-refractivity contribution in [1.82, 2.24) is 9.88 Å². The first-order valence-electron chi connectivity index (χ1n) is 5.79. The van der Waals surface area contributed by atoms with Crippen LogP contribution in [0.4, 0.5) is 0 Å². The SMILES string of the molecule is O=C(O)CC1CSCCN1Cc1ccncc1Cl. The number of pyridine rings is 1. The molecule has 1 saturated heterocycles. The lowest BCUT2D eigenvalue weighted by Crippen LogP contribution is -2.43. The zero-order chi connectivity index (χ0) is 13.0. The molecule has 1 unspecified atom stereocenters. The molecule has 0 aliphatic carbocycles. The number of aromatic nitrogens is 1. The Balaban J connectivity index is 2.05. The Morgan fingerprint density at radius 1 is 1.67 bits per heavy atom. The average Bonchev–Trinajstić information content (AvgIpc) is 2.34. The number of halogens is 1. The molecule has 18 heavy (non-hydrogen) atoms. The molecule has 1 aliphatic heterocycles. The predicted octanol–water partition coefficient (Wildman–Crippen LogP) is 2.13. The number of carboxylic acid groups (broad SMARTS) is 1. The van der Waals surface area contributed by atoms with Crippen LogP contribution in [0.15, 0.2) is 18.5 Å². The van der Waals surface area contributed by atoms with Gasteiger partial charge in [-0.1, -0.05) is 11.6 Å². The van der Waals surface area contributed by atoms with Gasteiger partial charge in [0.15, 0.2) is 0 Å². The van der Waals surface area contributed by atoms with Crippen LogP contribution in [-0.2, 0) is 11.3 Å². The van der Waals surface area contributed by atoms with E-state index in [1.54, 1.807) is 12.4 Å². The number of aliphatic carboxylic acids is 1. The Labute approximate surface area is 115 Å². The summed E-state index contributed by atoms with van der Waals surface area (Å²) in [5.74, 6) is 1.17. The second kappa shape index (κ2) is 6.41. The Kier molecular flexibility index (Phi) is 4.86. The van der Waals surface area contributed by atoms with E-state index in [4.69, 9.17) is 16.7 Å². The van der Waals surface area contributed by atoms with Gasteiger partial charge in [0.2, 0.25) is 0 Å². The Bertz CT molecular complexity index is 430. The van der Waals surface area contributed by atoms with Gasteiger partial charge in [0.1, 0.15) is 0 Å². The molecule has 0 bridgehead atoms. The van der Waals surface area contributed by atoms with Gasteiger partial charge in [0, 0.05) is 43.0 Å². The highest BCUT2D eigenvalue weighted by Crippen LogP contribution is 2.23. The highest BCUT2D eigenvalue weighted by molar-refractivity contribution is 7.99. The zero-order valence-electron chi connectivity index (χ0n) is 9.88. The topological polar surface area (TPSA) is 53.4 Å². The van der Waals surface area contributed by atoms with Crippen molar-refractivity contribution < 1.29 is 9.90 Å². The number of rotatable bonds is 4. The van der Waals surface area contributed by atoms with Crippen molar-refractivity contribution in [1.29, 1.82) is 0 Å². The van der Waals surface area contributed by atoms with E-state index < -0.39 is 5.97 Å². The molecule has 1 fully saturated rings. The van der Waals surface area contributed by atoms with Crippen LogP contribution in [0, 0.1) is 0 Å². The van der Waals surface area contributed by atoms with Gasteiger partial charge in [-0.2, -0.15) is 11.8 Å². The molecule has 1 aromatic rings. The van der Waals surface area contributed by atoms with Crippen LogP contribution >= 0.6 is 23.4 Å². The number of thioether (sulfide) groups is 1. The number of hydrogen-bond acceptors (Lipinski definition) is 4. The lowest BCUT2D eigenvalue weighted by Gasteiger charge is -2.34. The van der Waals surface area contributed by atoms with Crippen LogP contribution in [0.25, 0.3) is 0 Å². The van der Waals surface area contributed by atoms with E-state index in [-0.39, 0.29) is 12.5 Å². The lowest BCUT2D eigenvalue weighted by atomic mass is 10.1. The van der Waals surface area contributed by atoms with Crippen LogP contribution < -0.4 is 0 Å². The number of hydrogen-bond donors (Lipinski definition) is 1. The first-order chi connectivity index (χ1) is 8.66. The largest absolute Gasteiger partial charge is 0.481 e. The Hall–Kier alpha value is -0.780. The molecule has 0 aromatic carbocycles. The summed E-state index contributed by atoms with van der Waals surface area (Å²) in [7, 11) is 0. The molecule has 98 valence electrons. The van der Waals surface area contributed by atoms with Crippen molar-refractivity contribution >= 4 is 29.3 Å². The molecule has 0 radical (unpaired) electrons. The van der Waals surface area contributed by atoms with Crippen molar-refractivity contribution in [2.45, 2.75) is 19.0 Å². The van der Waals surface area contributed by atoms with E-state index >= 15 is 0 Å². The number of nitrogens with zero attached hydrogens (tertiary/aromatic N) is 2. The predicted molar refractivity (Wildman–Crippen MR) is 73.0 cm³/mol. The molecule has 4 nitrogen and oxygen atoms in total. The van der Waals surface area contributed by atoms with E-state index in [1.165, 1.54) is 0 Å². The van der Waals surface area contributed by atoms with Gasteiger partial charge in [-0.05, 0) is 11.6 Å². The van der Waals surface area contributed by atoms with Crippen molar-refractivity contribution in [3.8, 4) is 0 Å². The van der Waals surface area contributed by atoms with Gasteiger partial charge in [-0.3, -0.25) is 14.7 Å². The van der Waals surface area contributed by atoms with Crippen LogP contribution in [0.5, 0.6) is 0 Å². The van der Waals surface area contributed by atoms with Crippen molar-refractivity contribution in [2.24, 2.45) is 0 Å². The summed E-state index contributed by atoms with van der Waals surface area (Å²) >= 11 is 7.90. The van der Waals surface area contributed by atoms with E-state index in [1.807, 2.05) is 17.8 Å². The third-order valence-corrected chi connectivity index (χ3v) is 4.42. The van der Waals surface area contributed by atoms with E-state index in [2.05, 4.69) is 9.88 Å². The van der Waals surface area contributed by atoms with Crippen LogP contribution in [-0.4, -0.2) is 45.1 Å². The summed E-state index contributed by atoms with van der Waals surface area (Å²) in [6.07, 6.45) is 3.53. The molecule has 0 spiro atoms. The fourth-order valence-corrected chi connectivity index (χ4v) is 3.35. The summed E-state index contributed by atoms with van der Waals surface area (Å²) < 4.78 is 0. The lowest BCUT2D eigenvalue weighted by molar-refractivity contribution is -0.138. The van der Waals surface area contributed by atoms with Crippen molar-refractivity contribution in [2.75, 3.05) is 18.1 Å². The van der Waals surface area contributed by atoms with E-state index in [9.17, 15) is 4.79 Å². The first kappa shape index (κ1) is 13.6. The highest BCUT2D eigenvalue weighted by atomic mass is 35.5. The van der Waals surface area contributed by atoms with E-state index in [0.717, 1.165) is 23.6 Å². The second-order valence-corrected chi connectivity index (χ2v) is 5.82. The summed E-state index contributed by atoms with van der Waals surface area (Å²) in [4.78, 5) is 17.0. The average molecular weight is 287 g/mol. The van der Waals surface area contributed by atoms with Crippen molar-refractivity contribution in [3.63, 3.8) is 0 Å². The van der Waals surface area contributed by atoms with Crippen LogP contribution in [0.2, 0.25) is 5.02 Å². The molecule has 1 N–H and O–H groups in total. The Morgan fingerprint density at radius 2 is 2.50 bits per heavy atom. The van der Waals surface area contributed by atoms with Gasteiger partial charge in [-0.25, -0.2) is 0 Å². The maximum atomic E-state index is 10.9. The molecule has 0 saturated carbocycles.